The lowest BCUT2D eigenvalue weighted by molar-refractivity contribution is 0.0453. The zero-order chi connectivity index (χ0) is 21.6. The summed E-state index contributed by atoms with van der Waals surface area (Å²) in [6.07, 6.45) is 6.57. The van der Waals surface area contributed by atoms with Crippen LogP contribution in [0.5, 0.6) is 0 Å². The van der Waals surface area contributed by atoms with Crippen LogP contribution in [0.25, 0.3) is 0 Å². The van der Waals surface area contributed by atoms with Crippen molar-refractivity contribution in [1.82, 2.24) is 5.32 Å². The first-order valence-corrected chi connectivity index (χ1v) is 15.9. The molecule has 1 N–H and O–H groups in total. The molecule has 1 saturated carbocycles. The van der Waals surface area contributed by atoms with E-state index in [-0.39, 0.29) is 0 Å². The van der Waals surface area contributed by atoms with Gasteiger partial charge in [0.2, 0.25) is 7.37 Å². The SMILES string of the molecule is CCP(=O)(OC)[C@H](O[Si](C)(C)C)[C@H](CC1CCCCC1)NC(=O)OC(C)(C)C. The van der Waals surface area contributed by atoms with Gasteiger partial charge in [-0.15, -0.1) is 0 Å². The average molecular weight is 436 g/mol. The summed E-state index contributed by atoms with van der Waals surface area (Å²) >= 11 is 0. The third-order valence-electron chi connectivity index (χ3n) is 4.97. The molecule has 0 saturated heterocycles. The molecule has 0 aromatic carbocycles. The number of nitrogens with one attached hydrogen (secondary N) is 1. The second-order valence-corrected chi connectivity index (χ2v) is 17.3. The van der Waals surface area contributed by atoms with Crippen molar-refractivity contribution in [3.8, 4) is 0 Å². The molecule has 1 fully saturated rings. The van der Waals surface area contributed by atoms with E-state index >= 15 is 0 Å². The summed E-state index contributed by atoms with van der Waals surface area (Å²) in [6, 6.07) is -0.393. The minimum absolute atomic E-state index is 0.371. The summed E-state index contributed by atoms with van der Waals surface area (Å²) in [5.41, 5.74) is -0.593. The van der Waals surface area contributed by atoms with Crippen molar-refractivity contribution in [2.24, 2.45) is 5.92 Å². The molecule has 1 rings (SSSR count). The van der Waals surface area contributed by atoms with Gasteiger partial charge in [-0.25, -0.2) is 4.79 Å². The Kier molecular flexibility index (Phi) is 9.72. The summed E-state index contributed by atoms with van der Waals surface area (Å²) in [5, 5.41) is 3.00. The molecule has 1 aliphatic rings. The Hall–Kier alpha value is -0.363. The lowest BCUT2D eigenvalue weighted by atomic mass is 9.85. The van der Waals surface area contributed by atoms with Gasteiger partial charge in [-0.05, 0) is 52.8 Å². The number of carbonyl (C=O) groups is 1. The van der Waals surface area contributed by atoms with E-state index in [1.807, 2.05) is 27.7 Å². The fourth-order valence-corrected chi connectivity index (χ4v) is 7.75. The molecule has 0 aromatic heterocycles. The predicted molar refractivity (Wildman–Crippen MR) is 118 cm³/mol. The second-order valence-electron chi connectivity index (χ2n) is 9.84. The smallest absolute Gasteiger partial charge is 0.407 e. The van der Waals surface area contributed by atoms with Crippen molar-refractivity contribution >= 4 is 21.8 Å². The topological polar surface area (TPSA) is 73.9 Å². The zero-order valence-electron chi connectivity index (χ0n) is 19.2. The van der Waals surface area contributed by atoms with Crippen LogP contribution in [0, 0.1) is 5.92 Å². The van der Waals surface area contributed by atoms with Gasteiger partial charge in [0.05, 0.1) is 6.04 Å². The molecule has 0 radical (unpaired) electrons. The number of hydrogen-bond acceptors (Lipinski definition) is 5. The molecule has 1 unspecified atom stereocenters. The molecule has 0 aliphatic heterocycles. The van der Waals surface area contributed by atoms with E-state index in [0.717, 1.165) is 19.3 Å². The quantitative estimate of drug-likeness (QED) is 0.357. The Labute approximate surface area is 173 Å². The summed E-state index contributed by atoms with van der Waals surface area (Å²) in [6.45, 7) is 13.6. The van der Waals surface area contributed by atoms with E-state index in [1.165, 1.54) is 26.4 Å². The number of carbonyl (C=O) groups excluding carboxylic acids is 1. The third kappa shape index (κ3) is 8.98. The molecule has 1 amide bonds. The van der Waals surface area contributed by atoms with E-state index in [1.54, 1.807) is 0 Å². The minimum Gasteiger partial charge on any atom is -0.444 e. The van der Waals surface area contributed by atoms with Gasteiger partial charge in [0, 0.05) is 13.3 Å². The van der Waals surface area contributed by atoms with Crippen molar-refractivity contribution in [3.05, 3.63) is 0 Å². The monoisotopic (exact) mass is 435 g/mol. The van der Waals surface area contributed by atoms with Gasteiger partial charge in [0.1, 0.15) is 11.4 Å². The van der Waals surface area contributed by atoms with Crippen molar-refractivity contribution in [2.75, 3.05) is 13.3 Å². The molecule has 8 heteroatoms. The highest BCUT2D eigenvalue weighted by molar-refractivity contribution is 7.59. The largest absolute Gasteiger partial charge is 0.444 e. The third-order valence-corrected chi connectivity index (χ3v) is 8.87. The highest BCUT2D eigenvalue weighted by Crippen LogP contribution is 2.54. The summed E-state index contributed by atoms with van der Waals surface area (Å²) in [7, 11) is -3.63. The molecule has 0 bridgehead atoms. The molecule has 0 spiro atoms. The van der Waals surface area contributed by atoms with E-state index in [2.05, 4.69) is 25.0 Å². The van der Waals surface area contributed by atoms with Crippen LogP contribution in [0.1, 0.15) is 66.2 Å². The first kappa shape index (κ1) is 25.7. The van der Waals surface area contributed by atoms with E-state index in [4.69, 9.17) is 13.7 Å². The second kappa shape index (κ2) is 10.6. The minimum atomic E-state index is -3.08. The Morgan fingerprint density at radius 2 is 1.75 bits per heavy atom. The molecule has 6 nitrogen and oxygen atoms in total. The van der Waals surface area contributed by atoms with Gasteiger partial charge in [0.15, 0.2) is 8.32 Å². The summed E-state index contributed by atoms with van der Waals surface area (Å²) in [4.78, 5) is 12.6. The van der Waals surface area contributed by atoms with Crippen LogP contribution in [-0.4, -0.2) is 45.2 Å². The van der Waals surface area contributed by atoms with Crippen molar-refractivity contribution in [3.63, 3.8) is 0 Å². The van der Waals surface area contributed by atoms with Gasteiger partial charge >= 0.3 is 6.09 Å². The van der Waals surface area contributed by atoms with Crippen LogP contribution >= 0.6 is 7.37 Å². The Morgan fingerprint density at radius 3 is 2.18 bits per heavy atom. The lowest BCUT2D eigenvalue weighted by Gasteiger charge is -2.38. The maximum absolute atomic E-state index is 13.6. The zero-order valence-corrected chi connectivity index (χ0v) is 21.1. The van der Waals surface area contributed by atoms with Crippen molar-refractivity contribution in [1.29, 1.82) is 0 Å². The Bertz CT molecular complexity index is 530. The number of rotatable bonds is 9. The van der Waals surface area contributed by atoms with E-state index in [9.17, 15) is 9.36 Å². The summed E-state index contributed by atoms with van der Waals surface area (Å²) < 4.78 is 31.0. The lowest BCUT2D eigenvalue weighted by Crippen LogP contribution is -2.50. The first-order chi connectivity index (χ1) is 12.8. The van der Waals surface area contributed by atoms with Crippen LogP contribution in [0.15, 0.2) is 0 Å². The first-order valence-electron chi connectivity index (χ1n) is 10.6. The highest BCUT2D eigenvalue weighted by Gasteiger charge is 2.43. The van der Waals surface area contributed by atoms with Crippen LogP contribution in [-0.2, 0) is 18.3 Å². The van der Waals surface area contributed by atoms with Gasteiger partial charge in [0.25, 0.3) is 0 Å². The number of ether oxygens (including phenoxy) is 1. The molecule has 0 aromatic rings. The molecular weight excluding hydrogens is 393 g/mol. The number of hydrogen-bond donors (Lipinski definition) is 1. The maximum Gasteiger partial charge on any atom is 0.407 e. The molecule has 28 heavy (non-hydrogen) atoms. The van der Waals surface area contributed by atoms with Gasteiger partial charge in [-0.2, -0.15) is 0 Å². The molecule has 1 aliphatic carbocycles. The van der Waals surface area contributed by atoms with E-state index < -0.39 is 39.3 Å². The maximum atomic E-state index is 13.6. The van der Waals surface area contributed by atoms with Gasteiger partial charge in [-0.3, -0.25) is 4.57 Å². The Morgan fingerprint density at radius 1 is 1.18 bits per heavy atom. The fraction of sp³-hybridized carbons (Fsp3) is 0.950. The van der Waals surface area contributed by atoms with Crippen LogP contribution in [0.4, 0.5) is 4.79 Å². The fourth-order valence-electron chi connectivity index (χ4n) is 3.70. The van der Waals surface area contributed by atoms with E-state index in [0.29, 0.717) is 12.1 Å². The molecule has 3 atom stereocenters. The normalized spacial score (nSPS) is 20.9. The van der Waals surface area contributed by atoms with Gasteiger partial charge < -0.3 is 19.0 Å². The van der Waals surface area contributed by atoms with Crippen LogP contribution in [0.3, 0.4) is 0 Å². The number of alkyl carbamates (subject to hydrolysis) is 1. The molecule has 166 valence electrons. The average Bonchev–Trinajstić information content (AvgIpc) is 2.57. The van der Waals surface area contributed by atoms with Crippen LogP contribution < -0.4 is 5.32 Å². The van der Waals surface area contributed by atoms with Crippen LogP contribution in [0.2, 0.25) is 19.6 Å². The molecular formula is C20H42NO5PSi. The molecule has 0 heterocycles. The summed E-state index contributed by atoms with van der Waals surface area (Å²) in [5.74, 6) is -0.160. The van der Waals surface area contributed by atoms with Crippen molar-refractivity contribution < 1.29 is 23.0 Å². The van der Waals surface area contributed by atoms with Crippen molar-refractivity contribution in [2.45, 2.75) is 103 Å². The Balaban J connectivity index is 3.16. The number of amides is 1. The predicted octanol–water partition coefficient (Wildman–Crippen LogP) is 5.97. The van der Waals surface area contributed by atoms with Gasteiger partial charge in [-0.1, -0.05) is 39.0 Å². The standard InChI is InChI=1S/C20H42NO5PSi/c1-9-27(23,24-5)18(26-28(6,7)8)17(15-16-13-11-10-12-14-16)21-19(22)25-20(2,3)4/h16-18H,9-15H2,1-8H3,(H,21,22)/t17-,18-,27?/m0/s1. The highest BCUT2D eigenvalue weighted by atomic mass is 31.2.